The molecule has 0 heterocycles. The zero-order chi connectivity index (χ0) is 26.6. The molecule has 200 valence electrons. The molecule has 0 aliphatic heterocycles. The summed E-state index contributed by atoms with van der Waals surface area (Å²) in [4.78, 5) is 37.2. The Bertz CT molecular complexity index is 1030. The van der Waals surface area contributed by atoms with Gasteiger partial charge in [0.25, 0.3) is 0 Å². The van der Waals surface area contributed by atoms with Gasteiger partial charge in [0.1, 0.15) is 18.5 Å². The lowest BCUT2D eigenvalue weighted by atomic mass is 9.74. The second-order valence-corrected chi connectivity index (χ2v) is 9.19. The molecule has 0 saturated heterocycles. The van der Waals surface area contributed by atoms with Crippen LogP contribution >= 0.6 is 0 Å². The normalized spacial score (nSPS) is 18.0. The van der Waals surface area contributed by atoms with Crippen LogP contribution in [0.25, 0.3) is 0 Å². The van der Waals surface area contributed by atoms with Crippen LogP contribution < -0.4 is 16.4 Å². The molecule has 3 amide bonds. The van der Waals surface area contributed by atoms with Crippen LogP contribution in [-0.2, 0) is 25.7 Å². The van der Waals surface area contributed by atoms with Crippen LogP contribution in [0, 0.1) is 11.7 Å². The number of halogens is 1. The molecule has 1 fully saturated rings. The van der Waals surface area contributed by atoms with Gasteiger partial charge >= 0.3 is 6.09 Å². The van der Waals surface area contributed by atoms with Gasteiger partial charge in [-0.25, -0.2) is 9.18 Å². The number of carbonyl (C=O) groups excluding carboxylic acids is 3. The SMILES string of the molecule is CCOCCCNC(=O)OCc1ccc(C2CCCCC2C(=O)NC(C(N)=O)c2ccc(F)cc2)cc1. The Kier molecular flexibility index (Phi) is 10.9. The molecular weight excluding hydrogens is 477 g/mol. The summed E-state index contributed by atoms with van der Waals surface area (Å²) in [5, 5.41) is 5.48. The van der Waals surface area contributed by atoms with Gasteiger partial charge in [0.15, 0.2) is 0 Å². The molecule has 0 aromatic heterocycles. The predicted molar refractivity (Wildman–Crippen MR) is 137 cm³/mol. The van der Waals surface area contributed by atoms with Gasteiger partial charge in [-0.15, -0.1) is 0 Å². The lowest BCUT2D eigenvalue weighted by Gasteiger charge is -2.32. The lowest BCUT2D eigenvalue weighted by molar-refractivity contribution is -0.131. The Labute approximate surface area is 217 Å². The molecule has 9 heteroatoms. The Hall–Kier alpha value is -3.46. The van der Waals surface area contributed by atoms with Gasteiger partial charge in [0.2, 0.25) is 11.8 Å². The van der Waals surface area contributed by atoms with Crippen LogP contribution in [0.5, 0.6) is 0 Å². The average Bonchev–Trinajstić information content (AvgIpc) is 2.91. The zero-order valence-electron chi connectivity index (χ0n) is 21.2. The minimum atomic E-state index is -1.03. The first-order valence-electron chi connectivity index (χ1n) is 12.8. The first kappa shape index (κ1) is 28.1. The molecule has 4 N–H and O–H groups in total. The highest BCUT2D eigenvalue weighted by atomic mass is 19.1. The predicted octanol–water partition coefficient (Wildman–Crippen LogP) is 4.10. The van der Waals surface area contributed by atoms with Crippen molar-refractivity contribution < 1.29 is 28.2 Å². The van der Waals surface area contributed by atoms with E-state index in [0.29, 0.717) is 31.7 Å². The van der Waals surface area contributed by atoms with Crippen LogP contribution in [-0.4, -0.2) is 37.7 Å². The van der Waals surface area contributed by atoms with Crippen molar-refractivity contribution in [3.05, 3.63) is 71.0 Å². The minimum Gasteiger partial charge on any atom is -0.445 e. The topological polar surface area (TPSA) is 120 Å². The van der Waals surface area contributed by atoms with Crippen molar-refractivity contribution in [1.82, 2.24) is 10.6 Å². The van der Waals surface area contributed by atoms with Crippen LogP contribution in [0.15, 0.2) is 48.5 Å². The Balaban J connectivity index is 1.58. The first-order valence-corrected chi connectivity index (χ1v) is 12.8. The molecule has 3 unspecified atom stereocenters. The number of nitrogens with one attached hydrogen (secondary N) is 2. The summed E-state index contributed by atoms with van der Waals surface area (Å²) in [5.41, 5.74) is 7.85. The fraction of sp³-hybridized carbons (Fsp3) is 0.464. The van der Waals surface area contributed by atoms with Crippen LogP contribution in [0.4, 0.5) is 9.18 Å². The summed E-state index contributed by atoms with van der Waals surface area (Å²) in [6, 6.07) is 12.0. The van der Waals surface area contributed by atoms with Crippen molar-refractivity contribution in [3.8, 4) is 0 Å². The second-order valence-electron chi connectivity index (χ2n) is 9.19. The molecule has 3 rings (SSSR count). The Morgan fingerprint density at radius 1 is 1.05 bits per heavy atom. The van der Waals surface area contributed by atoms with E-state index < -0.39 is 23.9 Å². The van der Waals surface area contributed by atoms with Gasteiger partial charge < -0.3 is 25.8 Å². The molecule has 0 bridgehead atoms. The smallest absolute Gasteiger partial charge is 0.407 e. The Morgan fingerprint density at radius 3 is 2.43 bits per heavy atom. The van der Waals surface area contributed by atoms with Gasteiger partial charge in [-0.2, -0.15) is 0 Å². The highest BCUT2D eigenvalue weighted by Gasteiger charge is 2.34. The van der Waals surface area contributed by atoms with E-state index in [2.05, 4.69) is 10.6 Å². The highest BCUT2D eigenvalue weighted by Crippen LogP contribution is 2.38. The van der Waals surface area contributed by atoms with Gasteiger partial charge in [0, 0.05) is 25.7 Å². The first-order chi connectivity index (χ1) is 17.9. The van der Waals surface area contributed by atoms with E-state index in [1.165, 1.54) is 24.3 Å². The fourth-order valence-electron chi connectivity index (χ4n) is 4.64. The number of hydrogen-bond donors (Lipinski definition) is 3. The summed E-state index contributed by atoms with van der Waals surface area (Å²) >= 11 is 0. The van der Waals surface area contributed by atoms with E-state index in [9.17, 15) is 18.8 Å². The number of alkyl carbamates (subject to hydrolysis) is 1. The van der Waals surface area contributed by atoms with Gasteiger partial charge in [-0.05, 0) is 60.9 Å². The zero-order valence-corrected chi connectivity index (χ0v) is 21.2. The number of rotatable bonds is 12. The minimum absolute atomic E-state index is 0.0147. The summed E-state index contributed by atoms with van der Waals surface area (Å²) in [6.45, 7) is 3.79. The van der Waals surface area contributed by atoms with E-state index >= 15 is 0 Å². The number of amides is 3. The number of primary amides is 1. The van der Waals surface area contributed by atoms with E-state index in [4.69, 9.17) is 15.2 Å². The van der Waals surface area contributed by atoms with Gasteiger partial charge in [0.05, 0.1) is 0 Å². The summed E-state index contributed by atoms with van der Waals surface area (Å²) in [5.74, 6) is -1.71. The lowest BCUT2D eigenvalue weighted by Crippen LogP contribution is -2.42. The third-order valence-electron chi connectivity index (χ3n) is 6.59. The quantitative estimate of drug-likeness (QED) is 0.369. The average molecular weight is 514 g/mol. The maximum absolute atomic E-state index is 13.3. The number of ether oxygens (including phenoxy) is 2. The molecule has 1 aliphatic rings. The molecule has 0 radical (unpaired) electrons. The number of nitrogens with two attached hydrogens (primary N) is 1. The van der Waals surface area contributed by atoms with Crippen molar-refractivity contribution in [2.24, 2.45) is 11.7 Å². The monoisotopic (exact) mass is 513 g/mol. The molecule has 0 spiro atoms. The van der Waals surface area contributed by atoms with Crippen molar-refractivity contribution in [1.29, 1.82) is 0 Å². The van der Waals surface area contributed by atoms with Crippen LogP contribution in [0.1, 0.15) is 67.7 Å². The van der Waals surface area contributed by atoms with E-state index in [1.807, 2.05) is 31.2 Å². The number of hydrogen-bond acceptors (Lipinski definition) is 5. The van der Waals surface area contributed by atoms with Gasteiger partial charge in [-0.3, -0.25) is 9.59 Å². The standard InChI is InChI=1S/C28H36FN3O5/c1-2-36-17-5-16-31-28(35)37-18-19-8-10-20(11-9-19)23-6-3-4-7-24(23)27(34)32-25(26(30)33)21-12-14-22(29)15-13-21/h8-15,23-25H,2-7,16-18H2,1H3,(H2,30,33)(H,31,35)(H,32,34). The molecule has 8 nitrogen and oxygen atoms in total. The molecule has 1 aliphatic carbocycles. The molecule has 1 saturated carbocycles. The summed E-state index contributed by atoms with van der Waals surface area (Å²) in [7, 11) is 0. The maximum atomic E-state index is 13.3. The van der Waals surface area contributed by atoms with Gasteiger partial charge in [-0.1, -0.05) is 49.2 Å². The van der Waals surface area contributed by atoms with Crippen molar-refractivity contribution in [3.63, 3.8) is 0 Å². The van der Waals surface area contributed by atoms with Crippen LogP contribution in [0.2, 0.25) is 0 Å². The molecule has 3 atom stereocenters. The van der Waals surface area contributed by atoms with Crippen LogP contribution in [0.3, 0.4) is 0 Å². The second kappa shape index (κ2) is 14.3. The summed E-state index contributed by atoms with van der Waals surface area (Å²) < 4.78 is 23.8. The largest absolute Gasteiger partial charge is 0.445 e. The third kappa shape index (κ3) is 8.56. The van der Waals surface area contributed by atoms with E-state index in [-0.39, 0.29) is 24.3 Å². The van der Waals surface area contributed by atoms with Crippen molar-refractivity contribution >= 4 is 17.9 Å². The van der Waals surface area contributed by atoms with E-state index in [1.54, 1.807) is 0 Å². The molecular formula is C28H36FN3O5. The van der Waals surface area contributed by atoms with E-state index in [0.717, 1.165) is 36.8 Å². The number of carbonyl (C=O) groups is 3. The molecule has 37 heavy (non-hydrogen) atoms. The maximum Gasteiger partial charge on any atom is 0.407 e. The molecule has 2 aromatic rings. The Morgan fingerprint density at radius 2 is 1.76 bits per heavy atom. The highest BCUT2D eigenvalue weighted by molar-refractivity contribution is 5.89. The van der Waals surface area contributed by atoms with Crippen molar-refractivity contribution in [2.75, 3.05) is 19.8 Å². The third-order valence-corrected chi connectivity index (χ3v) is 6.59. The molecule has 2 aromatic carbocycles. The number of benzene rings is 2. The van der Waals surface area contributed by atoms with Crippen molar-refractivity contribution in [2.45, 2.75) is 57.6 Å². The summed E-state index contributed by atoms with van der Waals surface area (Å²) in [6.07, 6.45) is 3.69. The fourth-order valence-corrected chi connectivity index (χ4v) is 4.64.